The summed E-state index contributed by atoms with van der Waals surface area (Å²) >= 11 is 3.47. The lowest BCUT2D eigenvalue weighted by Gasteiger charge is -2.31. The molecule has 1 fully saturated rings. The van der Waals surface area contributed by atoms with Crippen molar-refractivity contribution in [1.82, 2.24) is 19.4 Å². The molecule has 3 rings (SSSR count). The van der Waals surface area contributed by atoms with Crippen molar-refractivity contribution in [3.8, 4) is 0 Å². The Hall–Kier alpha value is -1.24. The Morgan fingerprint density at radius 2 is 2.00 bits per heavy atom. The lowest BCUT2D eigenvalue weighted by atomic mass is 10.1. The second-order valence-electron chi connectivity index (χ2n) is 7.18. The molecule has 0 radical (unpaired) electrons. The summed E-state index contributed by atoms with van der Waals surface area (Å²) in [6.07, 6.45) is 3.26. The number of benzene rings is 1. The molecule has 2 aromatic rings. The number of fused-ring (bicyclic) bond motifs is 1. The van der Waals surface area contributed by atoms with Crippen LogP contribution in [0.15, 0.2) is 27.5 Å². The molecule has 0 bridgehead atoms. The normalized spacial score (nSPS) is 18.2. The van der Waals surface area contributed by atoms with E-state index in [0.717, 1.165) is 61.3 Å². The molecule has 1 aromatic carbocycles. The molecule has 142 valence electrons. The van der Waals surface area contributed by atoms with Crippen molar-refractivity contribution in [3.05, 3.63) is 38.9 Å². The highest BCUT2D eigenvalue weighted by Gasteiger charge is 2.26. The molecule has 1 aliphatic heterocycles. The maximum atomic E-state index is 13.1. The number of hydrogen-bond acceptors (Lipinski definition) is 4. The van der Waals surface area contributed by atoms with Gasteiger partial charge in [0, 0.05) is 30.7 Å². The van der Waals surface area contributed by atoms with Gasteiger partial charge in [0.2, 0.25) is 0 Å². The SMILES string of the molecule is CCC[C@H](c1nc2ccc(Br)cc2c(=O)n1CC)N1CCCN(C)CC1. The lowest BCUT2D eigenvalue weighted by molar-refractivity contribution is 0.180. The van der Waals surface area contributed by atoms with E-state index in [4.69, 9.17) is 4.98 Å². The van der Waals surface area contributed by atoms with E-state index in [-0.39, 0.29) is 11.6 Å². The van der Waals surface area contributed by atoms with E-state index in [2.05, 4.69) is 39.7 Å². The van der Waals surface area contributed by atoms with Gasteiger partial charge in [0.05, 0.1) is 16.9 Å². The summed E-state index contributed by atoms with van der Waals surface area (Å²) in [5.41, 5.74) is 0.868. The van der Waals surface area contributed by atoms with Crippen molar-refractivity contribution < 1.29 is 0 Å². The predicted molar refractivity (Wildman–Crippen MR) is 111 cm³/mol. The van der Waals surface area contributed by atoms with E-state index in [1.165, 1.54) is 0 Å². The molecule has 0 aliphatic carbocycles. The van der Waals surface area contributed by atoms with Crippen LogP contribution in [0.1, 0.15) is 45.0 Å². The first-order valence-electron chi connectivity index (χ1n) is 9.67. The molecule has 1 aliphatic rings. The van der Waals surface area contributed by atoms with Gasteiger partial charge in [-0.1, -0.05) is 29.3 Å². The Morgan fingerprint density at radius 3 is 2.73 bits per heavy atom. The fraction of sp³-hybridized carbons (Fsp3) is 0.600. The second-order valence-corrected chi connectivity index (χ2v) is 8.09. The van der Waals surface area contributed by atoms with Crippen LogP contribution in [0.4, 0.5) is 0 Å². The van der Waals surface area contributed by atoms with Gasteiger partial charge in [0.25, 0.3) is 5.56 Å². The fourth-order valence-corrected chi connectivity index (χ4v) is 4.26. The third-order valence-corrected chi connectivity index (χ3v) is 5.81. The maximum Gasteiger partial charge on any atom is 0.261 e. The Bertz CT molecular complexity index is 819. The molecule has 1 atom stereocenters. The third-order valence-electron chi connectivity index (χ3n) is 5.32. The molecule has 0 N–H and O–H groups in total. The molecule has 0 saturated carbocycles. The second kappa shape index (κ2) is 8.63. The smallest absolute Gasteiger partial charge is 0.261 e. The van der Waals surface area contributed by atoms with Gasteiger partial charge in [-0.25, -0.2) is 4.98 Å². The van der Waals surface area contributed by atoms with Crippen LogP contribution in [-0.2, 0) is 6.54 Å². The minimum atomic E-state index is 0.0712. The first kappa shape index (κ1) is 19.5. The Labute approximate surface area is 164 Å². The van der Waals surface area contributed by atoms with Crippen LogP contribution >= 0.6 is 15.9 Å². The third kappa shape index (κ3) is 4.02. The van der Waals surface area contributed by atoms with Gasteiger partial charge in [0.15, 0.2) is 0 Å². The fourth-order valence-electron chi connectivity index (χ4n) is 3.90. The lowest BCUT2D eigenvalue weighted by Crippen LogP contribution is -2.37. The van der Waals surface area contributed by atoms with Crippen molar-refractivity contribution in [1.29, 1.82) is 0 Å². The minimum absolute atomic E-state index is 0.0712. The van der Waals surface area contributed by atoms with Crippen LogP contribution in [-0.4, -0.2) is 52.6 Å². The minimum Gasteiger partial charge on any atom is -0.305 e. The Balaban J connectivity index is 2.09. The quantitative estimate of drug-likeness (QED) is 0.739. The van der Waals surface area contributed by atoms with Gasteiger partial charge in [0.1, 0.15) is 5.82 Å². The highest BCUT2D eigenvalue weighted by molar-refractivity contribution is 9.10. The first-order valence-corrected chi connectivity index (χ1v) is 10.5. The molecule has 5 nitrogen and oxygen atoms in total. The number of aromatic nitrogens is 2. The molecule has 26 heavy (non-hydrogen) atoms. The maximum absolute atomic E-state index is 13.1. The van der Waals surface area contributed by atoms with Crippen molar-refractivity contribution in [2.75, 3.05) is 33.2 Å². The van der Waals surface area contributed by atoms with Gasteiger partial charge in [-0.05, 0) is 51.6 Å². The van der Waals surface area contributed by atoms with Crippen LogP contribution in [0.2, 0.25) is 0 Å². The molecular weight excluding hydrogens is 392 g/mol. The zero-order valence-electron chi connectivity index (χ0n) is 16.0. The summed E-state index contributed by atoms with van der Waals surface area (Å²) in [6, 6.07) is 6.00. The predicted octanol–water partition coefficient (Wildman–Crippen LogP) is 3.66. The van der Waals surface area contributed by atoms with Gasteiger partial charge in [-0.3, -0.25) is 14.3 Å². The zero-order chi connectivity index (χ0) is 18.7. The zero-order valence-corrected chi connectivity index (χ0v) is 17.6. The van der Waals surface area contributed by atoms with Crippen molar-refractivity contribution >= 4 is 26.8 Å². The molecular formula is C20H29BrN4O. The molecule has 1 saturated heterocycles. The molecule has 6 heteroatoms. The Morgan fingerprint density at radius 1 is 1.19 bits per heavy atom. The highest BCUT2D eigenvalue weighted by Crippen LogP contribution is 2.27. The van der Waals surface area contributed by atoms with E-state index >= 15 is 0 Å². The molecule has 0 spiro atoms. The van der Waals surface area contributed by atoms with Gasteiger partial charge >= 0.3 is 0 Å². The summed E-state index contributed by atoms with van der Waals surface area (Å²) in [6.45, 7) is 9.19. The van der Waals surface area contributed by atoms with E-state index in [0.29, 0.717) is 11.9 Å². The monoisotopic (exact) mass is 420 g/mol. The van der Waals surface area contributed by atoms with Crippen molar-refractivity contribution in [3.63, 3.8) is 0 Å². The van der Waals surface area contributed by atoms with Crippen LogP contribution in [0.5, 0.6) is 0 Å². The van der Waals surface area contributed by atoms with E-state index < -0.39 is 0 Å². The average molecular weight is 421 g/mol. The highest BCUT2D eigenvalue weighted by atomic mass is 79.9. The number of likely N-dealkylation sites (N-methyl/N-ethyl adjacent to an activating group) is 1. The number of nitrogens with zero attached hydrogens (tertiary/aromatic N) is 4. The topological polar surface area (TPSA) is 41.4 Å². The van der Waals surface area contributed by atoms with Crippen LogP contribution in [0.25, 0.3) is 10.9 Å². The van der Waals surface area contributed by atoms with Gasteiger partial charge in [-0.15, -0.1) is 0 Å². The molecule has 2 heterocycles. The van der Waals surface area contributed by atoms with Gasteiger partial charge in [-0.2, -0.15) is 0 Å². The average Bonchev–Trinajstić information content (AvgIpc) is 2.85. The number of halogens is 1. The molecule has 1 aromatic heterocycles. The summed E-state index contributed by atoms with van der Waals surface area (Å²) in [4.78, 5) is 23.0. The van der Waals surface area contributed by atoms with Crippen LogP contribution in [0.3, 0.4) is 0 Å². The number of rotatable bonds is 5. The van der Waals surface area contributed by atoms with E-state index in [9.17, 15) is 4.79 Å². The van der Waals surface area contributed by atoms with Crippen molar-refractivity contribution in [2.24, 2.45) is 0 Å². The summed E-state index contributed by atoms with van der Waals surface area (Å²) in [7, 11) is 2.19. The Kier molecular flexibility index (Phi) is 6.48. The summed E-state index contributed by atoms with van der Waals surface area (Å²) in [5, 5.41) is 0.691. The molecule has 0 unspecified atom stereocenters. The molecule has 0 amide bonds. The standard InChI is InChI=1S/C20H29BrN4O/c1-4-7-18(24-11-6-10-23(3)12-13-24)19-22-17-9-8-15(21)14-16(17)20(26)25(19)5-2/h8-9,14,18H,4-7,10-13H2,1-3H3/t18-/m1/s1. The van der Waals surface area contributed by atoms with Crippen LogP contribution < -0.4 is 5.56 Å². The first-order chi connectivity index (χ1) is 12.5. The largest absolute Gasteiger partial charge is 0.305 e. The summed E-state index contributed by atoms with van der Waals surface area (Å²) < 4.78 is 2.80. The van der Waals surface area contributed by atoms with Gasteiger partial charge < -0.3 is 4.90 Å². The van der Waals surface area contributed by atoms with Crippen LogP contribution in [0, 0.1) is 0 Å². The van der Waals surface area contributed by atoms with E-state index in [1.807, 2.05) is 29.7 Å². The number of hydrogen-bond donors (Lipinski definition) is 0. The van der Waals surface area contributed by atoms with E-state index in [1.54, 1.807) is 0 Å². The van der Waals surface area contributed by atoms with Crippen molar-refractivity contribution in [2.45, 2.75) is 45.7 Å². The summed E-state index contributed by atoms with van der Waals surface area (Å²) in [5.74, 6) is 0.929.